The lowest BCUT2D eigenvalue weighted by Crippen LogP contribution is -2.52. The third-order valence-corrected chi connectivity index (χ3v) is 8.70. The lowest BCUT2D eigenvalue weighted by molar-refractivity contribution is -0.136. The fourth-order valence-corrected chi connectivity index (χ4v) is 6.23. The summed E-state index contributed by atoms with van der Waals surface area (Å²) >= 11 is 0. The number of imide groups is 1. The molecular weight excluding hydrogens is 498 g/mol. The highest BCUT2D eigenvalue weighted by Gasteiger charge is 2.41. The van der Waals surface area contributed by atoms with Gasteiger partial charge in [-0.15, -0.1) is 0 Å². The maximum absolute atomic E-state index is 13.0. The smallest absolute Gasteiger partial charge is 0.256 e. The van der Waals surface area contributed by atoms with Crippen molar-refractivity contribution < 1.29 is 24.6 Å². The molecular formula is C29H35N5O5. The molecule has 2 aromatic rings. The summed E-state index contributed by atoms with van der Waals surface area (Å²) in [4.78, 5) is 47.6. The van der Waals surface area contributed by atoms with E-state index in [1.165, 1.54) is 16.2 Å². The summed E-state index contributed by atoms with van der Waals surface area (Å²) in [7, 11) is 0. The maximum Gasteiger partial charge on any atom is 0.256 e. The molecule has 6 rings (SSSR count). The van der Waals surface area contributed by atoms with E-state index >= 15 is 0 Å². The average molecular weight is 534 g/mol. The normalized spacial score (nSPS) is 24.2. The summed E-state index contributed by atoms with van der Waals surface area (Å²) in [6.45, 7) is 4.22. The molecule has 0 bridgehead atoms. The molecule has 3 N–H and O–H groups in total. The van der Waals surface area contributed by atoms with Crippen molar-refractivity contribution in [3.8, 4) is 0 Å². The molecule has 206 valence electrons. The van der Waals surface area contributed by atoms with E-state index < -0.39 is 17.6 Å². The highest BCUT2D eigenvalue weighted by atomic mass is 16.3. The predicted octanol–water partition coefficient (Wildman–Crippen LogP) is 1.29. The van der Waals surface area contributed by atoms with E-state index in [9.17, 15) is 24.6 Å². The Balaban J connectivity index is 1.06. The first-order valence-corrected chi connectivity index (χ1v) is 13.9. The molecule has 10 nitrogen and oxygen atoms in total. The number of nitrogens with zero attached hydrogens (tertiary/aromatic N) is 4. The number of hydrogen-bond donors (Lipinski definition) is 3. The van der Waals surface area contributed by atoms with Crippen molar-refractivity contribution in [1.29, 1.82) is 0 Å². The van der Waals surface area contributed by atoms with Crippen molar-refractivity contribution in [2.75, 3.05) is 31.1 Å². The number of benzene rings is 1. The van der Waals surface area contributed by atoms with Gasteiger partial charge in [0.1, 0.15) is 11.6 Å². The molecule has 5 heterocycles. The Labute approximate surface area is 227 Å². The summed E-state index contributed by atoms with van der Waals surface area (Å²) in [5.41, 5.74) is 2.93. The zero-order valence-electron chi connectivity index (χ0n) is 22.0. The maximum atomic E-state index is 13.0. The summed E-state index contributed by atoms with van der Waals surface area (Å²) in [5.74, 6) is -1.02. The van der Waals surface area contributed by atoms with Gasteiger partial charge in [0.15, 0.2) is 0 Å². The number of aromatic nitrogens is 1. The largest absolute Gasteiger partial charge is 0.393 e. The molecule has 0 aliphatic carbocycles. The fourth-order valence-electron chi connectivity index (χ4n) is 6.23. The van der Waals surface area contributed by atoms with Gasteiger partial charge in [-0.05, 0) is 61.9 Å². The van der Waals surface area contributed by atoms with E-state index in [2.05, 4.69) is 39.4 Å². The van der Waals surface area contributed by atoms with Gasteiger partial charge in [-0.3, -0.25) is 29.6 Å². The van der Waals surface area contributed by atoms with Crippen molar-refractivity contribution in [3.05, 3.63) is 58.9 Å². The molecule has 3 saturated heterocycles. The number of nitrogens with one attached hydrogen (secondary N) is 1. The Morgan fingerprint density at radius 1 is 0.949 bits per heavy atom. The molecule has 39 heavy (non-hydrogen) atoms. The van der Waals surface area contributed by atoms with E-state index in [-0.39, 0.29) is 30.9 Å². The number of pyridine rings is 1. The van der Waals surface area contributed by atoms with Crippen molar-refractivity contribution in [2.24, 2.45) is 0 Å². The van der Waals surface area contributed by atoms with Crippen LogP contribution in [-0.4, -0.2) is 81.0 Å². The van der Waals surface area contributed by atoms with Crippen molar-refractivity contribution in [3.63, 3.8) is 0 Å². The zero-order chi connectivity index (χ0) is 27.1. The first kappa shape index (κ1) is 25.9. The molecule has 3 amide bonds. The highest BCUT2D eigenvalue weighted by Crippen LogP contribution is 2.35. The highest BCUT2D eigenvalue weighted by molar-refractivity contribution is 6.05. The second kappa shape index (κ2) is 10.3. The number of rotatable bonds is 5. The molecule has 0 radical (unpaired) electrons. The van der Waals surface area contributed by atoms with Crippen LogP contribution in [-0.2, 0) is 28.3 Å². The number of likely N-dealkylation sites (tertiary alicyclic amines) is 1. The number of fused-ring (bicyclic) bond motifs is 1. The van der Waals surface area contributed by atoms with Gasteiger partial charge in [0, 0.05) is 44.8 Å². The minimum absolute atomic E-state index is 0.180. The monoisotopic (exact) mass is 533 g/mol. The number of amides is 3. The Bertz CT molecular complexity index is 1270. The van der Waals surface area contributed by atoms with Crippen LogP contribution < -0.4 is 10.2 Å². The third-order valence-electron chi connectivity index (χ3n) is 8.70. The predicted molar refractivity (Wildman–Crippen MR) is 143 cm³/mol. The van der Waals surface area contributed by atoms with Gasteiger partial charge >= 0.3 is 0 Å². The molecule has 1 unspecified atom stereocenters. The minimum Gasteiger partial charge on any atom is -0.393 e. The summed E-state index contributed by atoms with van der Waals surface area (Å²) < 4.78 is 0. The number of carbonyl (C=O) groups is 3. The number of aliphatic hydroxyl groups excluding tert-OH is 1. The van der Waals surface area contributed by atoms with E-state index in [0.717, 1.165) is 45.6 Å². The van der Waals surface area contributed by atoms with Gasteiger partial charge in [-0.25, -0.2) is 0 Å². The Morgan fingerprint density at radius 2 is 1.67 bits per heavy atom. The van der Waals surface area contributed by atoms with Crippen LogP contribution in [0.1, 0.15) is 65.8 Å². The minimum atomic E-state index is -1.07. The van der Waals surface area contributed by atoms with Gasteiger partial charge in [-0.1, -0.05) is 12.1 Å². The van der Waals surface area contributed by atoms with Gasteiger partial charge in [0.25, 0.3) is 5.91 Å². The average Bonchev–Trinajstić information content (AvgIpc) is 3.26. The molecule has 1 atom stereocenters. The number of hydrogen-bond acceptors (Lipinski definition) is 8. The van der Waals surface area contributed by atoms with Gasteiger partial charge in [0.05, 0.1) is 29.6 Å². The molecule has 4 aliphatic rings. The molecule has 0 spiro atoms. The molecule has 1 aromatic heterocycles. The van der Waals surface area contributed by atoms with Crippen molar-refractivity contribution >= 4 is 23.4 Å². The third kappa shape index (κ3) is 5.16. The van der Waals surface area contributed by atoms with Crippen LogP contribution in [0.5, 0.6) is 0 Å². The number of aliphatic hydroxyl groups is 2. The van der Waals surface area contributed by atoms with Crippen LogP contribution in [0.2, 0.25) is 0 Å². The summed E-state index contributed by atoms with van der Waals surface area (Å²) in [5, 5.41) is 23.6. The summed E-state index contributed by atoms with van der Waals surface area (Å²) in [6, 6.07) is 11.4. The fraction of sp³-hybridized carbons (Fsp3) is 0.517. The van der Waals surface area contributed by atoms with Crippen molar-refractivity contribution in [2.45, 2.75) is 69.4 Å². The van der Waals surface area contributed by atoms with E-state index in [1.54, 1.807) is 12.1 Å². The number of anilines is 1. The van der Waals surface area contributed by atoms with E-state index in [4.69, 9.17) is 4.98 Å². The number of piperidine rings is 3. The van der Waals surface area contributed by atoms with Gasteiger partial charge in [-0.2, -0.15) is 0 Å². The second-order valence-corrected chi connectivity index (χ2v) is 11.3. The second-order valence-electron chi connectivity index (χ2n) is 11.3. The topological polar surface area (TPSA) is 126 Å². The zero-order valence-corrected chi connectivity index (χ0v) is 22.0. The van der Waals surface area contributed by atoms with Crippen LogP contribution in [0.4, 0.5) is 5.69 Å². The van der Waals surface area contributed by atoms with Gasteiger partial charge < -0.3 is 20.0 Å². The Morgan fingerprint density at radius 3 is 2.36 bits per heavy atom. The SMILES string of the molecule is O=C1CCC(N2Cc3nc(C4(O)CCN(Cc5ccc(N6CCC(O)CC6)cc5)CC4)ccc3C2=O)C(=O)N1. The molecule has 0 saturated carbocycles. The first-order chi connectivity index (χ1) is 18.8. The number of carbonyl (C=O) groups excluding carboxylic acids is 3. The lowest BCUT2D eigenvalue weighted by atomic mass is 9.87. The first-order valence-electron chi connectivity index (χ1n) is 13.9. The molecule has 10 heteroatoms. The van der Waals surface area contributed by atoms with Crippen LogP contribution in [0.15, 0.2) is 36.4 Å². The van der Waals surface area contributed by atoms with Crippen LogP contribution in [0.25, 0.3) is 0 Å². The van der Waals surface area contributed by atoms with Gasteiger partial charge in [0.2, 0.25) is 11.8 Å². The lowest BCUT2D eigenvalue weighted by Gasteiger charge is -2.38. The quantitative estimate of drug-likeness (QED) is 0.491. The van der Waals surface area contributed by atoms with Crippen molar-refractivity contribution in [1.82, 2.24) is 20.1 Å². The Hall–Kier alpha value is -3.34. The standard InChI is InChI=1S/C29H35N5O5/c35-21-9-13-33(14-10-21)20-3-1-19(2-4-20)17-32-15-11-29(39,12-16-32)25-7-5-22-23(30-25)18-34(28(22)38)24-6-8-26(36)31-27(24)37/h1-5,7,21,24,35,39H,6,8-18H2,(H,31,36,37). The van der Waals surface area contributed by atoms with Crippen LogP contribution in [0.3, 0.4) is 0 Å². The van der Waals surface area contributed by atoms with Crippen LogP contribution >= 0.6 is 0 Å². The Kier molecular flexibility index (Phi) is 6.86. The molecule has 3 fully saturated rings. The summed E-state index contributed by atoms with van der Waals surface area (Å²) in [6.07, 6.45) is 3.04. The molecule has 4 aliphatic heterocycles. The van der Waals surface area contributed by atoms with E-state index in [0.29, 0.717) is 36.2 Å². The molecule has 1 aromatic carbocycles. The van der Waals surface area contributed by atoms with E-state index in [1.807, 2.05) is 0 Å². The van der Waals surface area contributed by atoms with Crippen LogP contribution in [0, 0.1) is 0 Å².